The minimum atomic E-state index is -3.51. The molecular formula is C24H32N2O6S. The van der Waals surface area contributed by atoms with Crippen LogP contribution >= 0.6 is 0 Å². The Hall–Kier alpha value is -2.78. The van der Waals surface area contributed by atoms with E-state index in [9.17, 15) is 13.2 Å². The lowest BCUT2D eigenvalue weighted by Crippen LogP contribution is -2.32. The number of hydrogen-bond acceptors (Lipinski definition) is 6. The molecule has 0 aliphatic carbocycles. The van der Waals surface area contributed by atoms with Gasteiger partial charge in [0.1, 0.15) is 5.75 Å². The zero-order valence-corrected chi connectivity index (χ0v) is 20.2. The van der Waals surface area contributed by atoms with E-state index in [4.69, 9.17) is 14.2 Å². The molecule has 0 saturated carbocycles. The number of nitrogens with zero attached hydrogens (tertiary/aromatic N) is 1. The van der Waals surface area contributed by atoms with Crippen LogP contribution in [0.3, 0.4) is 0 Å². The average molecular weight is 477 g/mol. The highest BCUT2D eigenvalue weighted by atomic mass is 32.2. The summed E-state index contributed by atoms with van der Waals surface area (Å²) in [5.41, 5.74) is 0.865. The van der Waals surface area contributed by atoms with Gasteiger partial charge in [-0.15, -0.1) is 0 Å². The predicted molar refractivity (Wildman–Crippen MR) is 125 cm³/mol. The van der Waals surface area contributed by atoms with Crippen molar-refractivity contribution in [3.8, 4) is 17.2 Å². The number of nitrogens with one attached hydrogen (secondary N) is 1. The molecule has 9 heteroatoms. The standard InChI is InChI=1S/C24H32N2O6S/c1-18(19-8-13-22(30-2)23(16-19)31-3)25-24(27)17-32-20-9-11-21(12-10-20)33(28,29)26-14-6-4-5-7-15-26/h8-13,16,18H,4-7,14-15,17H2,1-3H3,(H,25,27)/t18-/m1/s1. The van der Waals surface area contributed by atoms with Gasteiger partial charge in [-0.1, -0.05) is 18.9 Å². The second-order valence-electron chi connectivity index (χ2n) is 7.98. The van der Waals surface area contributed by atoms with E-state index in [1.54, 1.807) is 36.7 Å². The molecule has 0 unspecified atom stereocenters. The lowest BCUT2D eigenvalue weighted by molar-refractivity contribution is -0.123. The number of rotatable bonds is 9. The minimum Gasteiger partial charge on any atom is -0.493 e. The van der Waals surface area contributed by atoms with Crippen molar-refractivity contribution in [1.29, 1.82) is 0 Å². The summed E-state index contributed by atoms with van der Waals surface area (Å²) >= 11 is 0. The van der Waals surface area contributed by atoms with Crippen LogP contribution in [0.5, 0.6) is 17.2 Å². The van der Waals surface area contributed by atoms with Crippen LogP contribution < -0.4 is 19.5 Å². The van der Waals surface area contributed by atoms with Gasteiger partial charge < -0.3 is 19.5 Å². The van der Waals surface area contributed by atoms with E-state index in [0.29, 0.717) is 30.3 Å². The molecule has 1 aliphatic heterocycles. The molecule has 1 saturated heterocycles. The maximum Gasteiger partial charge on any atom is 0.258 e. The molecule has 0 radical (unpaired) electrons. The summed E-state index contributed by atoms with van der Waals surface area (Å²) in [6.07, 6.45) is 3.89. The smallest absolute Gasteiger partial charge is 0.258 e. The monoisotopic (exact) mass is 476 g/mol. The highest BCUT2D eigenvalue weighted by Crippen LogP contribution is 2.30. The van der Waals surface area contributed by atoms with E-state index < -0.39 is 10.0 Å². The third-order valence-electron chi connectivity index (χ3n) is 5.68. The Balaban J connectivity index is 1.55. The van der Waals surface area contributed by atoms with Crippen LogP contribution in [0.2, 0.25) is 0 Å². The fourth-order valence-electron chi connectivity index (χ4n) is 3.78. The number of sulfonamides is 1. The van der Waals surface area contributed by atoms with E-state index >= 15 is 0 Å². The van der Waals surface area contributed by atoms with Crippen molar-refractivity contribution in [3.05, 3.63) is 48.0 Å². The van der Waals surface area contributed by atoms with Gasteiger partial charge >= 0.3 is 0 Å². The highest BCUT2D eigenvalue weighted by Gasteiger charge is 2.25. The molecule has 180 valence electrons. The van der Waals surface area contributed by atoms with Gasteiger partial charge in [-0.3, -0.25) is 4.79 Å². The molecular weight excluding hydrogens is 444 g/mol. The summed E-state index contributed by atoms with van der Waals surface area (Å²) in [5.74, 6) is 1.34. The van der Waals surface area contributed by atoms with Gasteiger partial charge in [-0.25, -0.2) is 8.42 Å². The number of amides is 1. The van der Waals surface area contributed by atoms with Gasteiger partial charge in [0.05, 0.1) is 25.2 Å². The molecule has 0 aromatic heterocycles. The van der Waals surface area contributed by atoms with Crippen LogP contribution in [-0.4, -0.2) is 52.5 Å². The minimum absolute atomic E-state index is 0.185. The molecule has 0 bridgehead atoms. The summed E-state index contributed by atoms with van der Waals surface area (Å²) in [6.45, 7) is 2.79. The lowest BCUT2D eigenvalue weighted by Gasteiger charge is -2.20. The molecule has 1 amide bonds. The van der Waals surface area contributed by atoms with Crippen molar-refractivity contribution in [2.45, 2.75) is 43.5 Å². The Labute approximate surface area is 195 Å². The average Bonchev–Trinajstić information content (AvgIpc) is 3.13. The fraction of sp³-hybridized carbons (Fsp3) is 0.458. The van der Waals surface area contributed by atoms with Crippen LogP contribution in [0.15, 0.2) is 47.4 Å². The first kappa shape index (κ1) is 24.9. The van der Waals surface area contributed by atoms with Crippen molar-refractivity contribution < 1.29 is 27.4 Å². The molecule has 2 aromatic carbocycles. The van der Waals surface area contributed by atoms with Gasteiger partial charge in [-0.2, -0.15) is 4.31 Å². The Morgan fingerprint density at radius 1 is 0.970 bits per heavy atom. The third kappa shape index (κ3) is 6.39. The molecule has 0 spiro atoms. The van der Waals surface area contributed by atoms with E-state index in [-0.39, 0.29) is 23.5 Å². The maximum atomic E-state index is 12.9. The van der Waals surface area contributed by atoms with Gasteiger partial charge in [0, 0.05) is 13.1 Å². The first-order chi connectivity index (χ1) is 15.8. The van der Waals surface area contributed by atoms with Crippen molar-refractivity contribution in [2.75, 3.05) is 33.9 Å². The first-order valence-corrected chi connectivity index (χ1v) is 12.5. The molecule has 1 fully saturated rings. The fourth-order valence-corrected chi connectivity index (χ4v) is 5.29. The lowest BCUT2D eigenvalue weighted by atomic mass is 10.1. The molecule has 1 heterocycles. The number of methoxy groups -OCH3 is 2. The Morgan fingerprint density at radius 2 is 1.61 bits per heavy atom. The quantitative estimate of drug-likeness (QED) is 0.595. The van der Waals surface area contributed by atoms with Crippen LogP contribution in [0.4, 0.5) is 0 Å². The van der Waals surface area contributed by atoms with Crippen molar-refractivity contribution in [1.82, 2.24) is 9.62 Å². The van der Waals surface area contributed by atoms with Crippen LogP contribution in [0, 0.1) is 0 Å². The molecule has 33 heavy (non-hydrogen) atoms. The van der Waals surface area contributed by atoms with Crippen LogP contribution in [-0.2, 0) is 14.8 Å². The van der Waals surface area contributed by atoms with Crippen molar-refractivity contribution in [3.63, 3.8) is 0 Å². The predicted octanol–water partition coefficient (Wildman–Crippen LogP) is 3.52. The van der Waals surface area contributed by atoms with Gasteiger partial charge in [-0.05, 0) is 61.7 Å². The second-order valence-corrected chi connectivity index (χ2v) is 9.92. The highest BCUT2D eigenvalue weighted by molar-refractivity contribution is 7.89. The second kappa shape index (κ2) is 11.4. The SMILES string of the molecule is COc1ccc([C@@H](C)NC(=O)COc2ccc(S(=O)(=O)N3CCCCCC3)cc2)cc1OC. The van der Waals surface area contributed by atoms with Crippen molar-refractivity contribution in [2.24, 2.45) is 0 Å². The Kier molecular flexibility index (Phi) is 8.57. The number of hydrogen-bond donors (Lipinski definition) is 1. The normalized spacial score (nSPS) is 15.8. The molecule has 1 N–H and O–H groups in total. The summed E-state index contributed by atoms with van der Waals surface area (Å²) in [5, 5.41) is 2.88. The van der Waals surface area contributed by atoms with E-state index in [2.05, 4.69) is 5.32 Å². The zero-order chi connectivity index (χ0) is 23.8. The Morgan fingerprint density at radius 3 is 2.21 bits per heavy atom. The molecule has 8 nitrogen and oxygen atoms in total. The van der Waals surface area contributed by atoms with Crippen LogP contribution in [0.25, 0.3) is 0 Å². The van der Waals surface area contributed by atoms with Crippen molar-refractivity contribution >= 4 is 15.9 Å². The molecule has 2 aromatic rings. The molecule has 1 atom stereocenters. The third-order valence-corrected chi connectivity index (χ3v) is 7.59. The van der Waals surface area contributed by atoms with Gasteiger partial charge in [0.2, 0.25) is 10.0 Å². The maximum absolute atomic E-state index is 12.9. The molecule has 3 rings (SSSR count). The zero-order valence-electron chi connectivity index (χ0n) is 19.4. The van der Waals surface area contributed by atoms with E-state index in [1.165, 1.54) is 12.1 Å². The van der Waals surface area contributed by atoms with E-state index in [0.717, 1.165) is 31.2 Å². The van der Waals surface area contributed by atoms with Crippen LogP contribution in [0.1, 0.15) is 44.2 Å². The largest absolute Gasteiger partial charge is 0.493 e. The van der Waals surface area contributed by atoms with Gasteiger partial charge in [0.15, 0.2) is 18.1 Å². The van der Waals surface area contributed by atoms with E-state index in [1.807, 2.05) is 19.1 Å². The topological polar surface area (TPSA) is 94.2 Å². The number of carbonyl (C=O) groups excluding carboxylic acids is 1. The summed E-state index contributed by atoms with van der Waals surface area (Å²) in [7, 11) is -0.386. The summed E-state index contributed by atoms with van der Waals surface area (Å²) in [6, 6.07) is 11.4. The summed E-state index contributed by atoms with van der Waals surface area (Å²) in [4.78, 5) is 12.6. The number of benzene rings is 2. The number of ether oxygens (including phenoxy) is 3. The van der Waals surface area contributed by atoms with Gasteiger partial charge in [0.25, 0.3) is 5.91 Å². The summed E-state index contributed by atoms with van der Waals surface area (Å²) < 4.78 is 43.4. The number of carbonyl (C=O) groups is 1. The molecule has 1 aliphatic rings. The Bertz CT molecular complexity index is 1030. The first-order valence-electron chi connectivity index (χ1n) is 11.1.